The summed E-state index contributed by atoms with van der Waals surface area (Å²) in [7, 11) is 3.32. The maximum atomic E-state index is 6.77. The van der Waals surface area contributed by atoms with Gasteiger partial charge in [-0.05, 0) is 48.3 Å². The second-order valence-corrected chi connectivity index (χ2v) is 7.08. The van der Waals surface area contributed by atoms with Gasteiger partial charge in [-0.1, -0.05) is 26.8 Å². The highest BCUT2D eigenvalue weighted by Crippen LogP contribution is 2.48. The molecule has 0 aromatic heterocycles. The van der Waals surface area contributed by atoms with Crippen LogP contribution in [0.1, 0.15) is 45.6 Å². The fourth-order valence-electron chi connectivity index (χ4n) is 4.00. The lowest BCUT2D eigenvalue weighted by atomic mass is 9.62. The van der Waals surface area contributed by atoms with E-state index in [1.54, 1.807) is 14.2 Å². The van der Waals surface area contributed by atoms with Crippen molar-refractivity contribution in [3.05, 3.63) is 23.8 Å². The molecule has 0 saturated heterocycles. The second-order valence-electron chi connectivity index (χ2n) is 7.08. The first-order valence-electron chi connectivity index (χ1n) is 7.31. The van der Waals surface area contributed by atoms with Gasteiger partial charge < -0.3 is 15.2 Å². The molecule has 2 rings (SSSR count). The van der Waals surface area contributed by atoms with Crippen LogP contribution in [0.2, 0.25) is 0 Å². The van der Waals surface area contributed by atoms with Crippen LogP contribution in [-0.4, -0.2) is 14.2 Å². The molecule has 3 heteroatoms. The predicted molar refractivity (Wildman–Crippen MR) is 82.2 cm³/mol. The Bertz CT molecular complexity index is 484. The summed E-state index contributed by atoms with van der Waals surface area (Å²) in [5.74, 6) is 2.14. The maximum Gasteiger partial charge on any atom is 0.161 e. The topological polar surface area (TPSA) is 44.5 Å². The van der Waals surface area contributed by atoms with Gasteiger partial charge in [0.2, 0.25) is 0 Å². The van der Waals surface area contributed by atoms with E-state index in [1.807, 2.05) is 12.1 Å². The van der Waals surface area contributed by atoms with Crippen LogP contribution in [0.3, 0.4) is 0 Å². The molecular weight excluding hydrogens is 250 g/mol. The lowest BCUT2D eigenvalue weighted by molar-refractivity contribution is 0.107. The van der Waals surface area contributed by atoms with Gasteiger partial charge >= 0.3 is 0 Å². The SMILES string of the molecule is COc1ccc(C2(N)CC(C)CC(C)(C)C2)cc1OC. The Balaban J connectivity index is 2.38. The molecule has 2 atom stereocenters. The largest absolute Gasteiger partial charge is 0.493 e. The lowest BCUT2D eigenvalue weighted by Crippen LogP contribution is -2.46. The van der Waals surface area contributed by atoms with Crippen molar-refractivity contribution in [3.63, 3.8) is 0 Å². The van der Waals surface area contributed by atoms with E-state index in [9.17, 15) is 0 Å². The molecule has 1 aromatic carbocycles. The van der Waals surface area contributed by atoms with Crippen molar-refractivity contribution >= 4 is 0 Å². The van der Waals surface area contributed by atoms with Gasteiger partial charge in [0.1, 0.15) is 0 Å². The van der Waals surface area contributed by atoms with E-state index >= 15 is 0 Å². The first-order chi connectivity index (χ1) is 9.29. The maximum absolute atomic E-state index is 6.77. The van der Waals surface area contributed by atoms with Gasteiger partial charge in [0.15, 0.2) is 11.5 Å². The molecule has 112 valence electrons. The van der Waals surface area contributed by atoms with Gasteiger partial charge in [-0.3, -0.25) is 0 Å². The van der Waals surface area contributed by atoms with E-state index < -0.39 is 0 Å². The van der Waals surface area contributed by atoms with Crippen LogP contribution in [0.25, 0.3) is 0 Å². The third-order valence-corrected chi connectivity index (χ3v) is 4.37. The number of nitrogens with two attached hydrogens (primary N) is 1. The van der Waals surface area contributed by atoms with E-state index in [-0.39, 0.29) is 11.0 Å². The molecule has 2 N–H and O–H groups in total. The Morgan fingerprint density at radius 3 is 2.30 bits per heavy atom. The van der Waals surface area contributed by atoms with Crippen molar-refractivity contribution in [2.45, 2.75) is 45.6 Å². The monoisotopic (exact) mass is 277 g/mol. The van der Waals surface area contributed by atoms with E-state index in [4.69, 9.17) is 15.2 Å². The second kappa shape index (κ2) is 5.28. The molecule has 1 aliphatic carbocycles. The molecule has 0 bridgehead atoms. The van der Waals surface area contributed by atoms with Crippen molar-refractivity contribution < 1.29 is 9.47 Å². The standard InChI is InChI=1S/C17H27NO2/c1-12-9-16(2,3)11-17(18,10-12)13-6-7-14(19-4)15(8-13)20-5/h6-8,12H,9-11,18H2,1-5H3. The lowest BCUT2D eigenvalue weighted by Gasteiger charge is -2.46. The quantitative estimate of drug-likeness (QED) is 0.916. The Morgan fingerprint density at radius 1 is 1.10 bits per heavy atom. The smallest absolute Gasteiger partial charge is 0.161 e. The Kier molecular flexibility index (Phi) is 4.01. The highest BCUT2D eigenvalue weighted by Gasteiger charge is 2.41. The summed E-state index contributed by atoms with van der Waals surface area (Å²) >= 11 is 0. The molecule has 0 spiro atoms. The van der Waals surface area contributed by atoms with E-state index in [2.05, 4.69) is 26.8 Å². The highest BCUT2D eigenvalue weighted by molar-refractivity contribution is 5.45. The average Bonchev–Trinajstić information content (AvgIpc) is 2.34. The van der Waals surface area contributed by atoms with Crippen molar-refractivity contribution in [3.8, 4) is 11.5 Å². The highest BCUT2D eigenvalue weighted by atomic mass is 16.5. The van der Waals surface area contributed by atoms with Gasteiger partial charge in [0, 0.05) is 5.54 Å². The number of methoxy groups -OCH3 is 2. The van der Waals surface area contributed by atoms with Gasteiger partial charge in [-0.25, -0.2) is 0 Å². The Labute approximate surface area is 122 Å². The average molecular weight is 277 g/mol. The van der Waals surface area contributed by atoms with Crippen LogP contribution >= 0.6 is 0 Å². The molecule has 1 fully saturated rings. The minimum absolute atomic E-state index is 0.277. The zero-order valence-electron chi connectivity index (χ0n) is 13.3. The number of hydrogen-bond donors (Lipinski definition) is 1. The van der Waals surface area contributed by atoms with Crippen LogP contribution in [0.4, 0.5) is 0 Å². The zero-order valence-corrected chi connectivity index (χ0v) is 13.3. The van der Waals surface area contributed by atoms with Gasteiger partial charge in [-0.2, -0.15) is 0 Å². The van der Waals surface area contributed by atoms with Crippen molar-refractivity contribution in [2.75, 3.05) is 14.2 Å². The Morgan fingerprint density at radius 2 is 1.75 bits per heavy atom. The van der Waals surface area contributed by atoms with E-state index in [1.165, 1.54) is 6.42 Å². The van der Waals surface area contributed by atoms with Crippen molar-refractivity contribution in [1.82, 2.24) is 0 Å². The molecule has 0 amide bonds. The minimum Gasteiger partial charge on any atom is -0.493 e. The summed E-state index contributed by atoms with van der Waals surface area (Å²) in [6.45, 7) is 6.92. The number of benzene rings is 1. The summed E-state index contributed by atoms with van der Waals surface area (Å²) < 4.78 is 10.7. The van der Waals surface area contributed by atoms with Crippen molar-refractivity contribution in [1.29, 1.82) is 0 Å². The number of ether oxygens (including phenoxy) is 2. The van der Waals surface area contributed by atoms with Gasteiger partial charge in [-0.15, -0.1) is 0 Å². The normalized spacial score (nSPS) is 29.0. The molecule has 20 heavy (non-hydrogen) atoms. The zero-order chi connectivity index (χ0) is 15.0. The number of rotatable bonds is 3. The number of hydrogen-bond acceptors (Lipinski definition) is 3. The van der Waals surface area contributed by atoms with E-state index in [0.29, 0.717) is 5.92 Å². The van der Waals surface area contributed by atoms with Crippen LogP contribution in [0, 0.1) is 11.3 Å². The van der Waals surface area contributed by atoms with E-state index in [0.717, 1.165) is 29.9 Å². The molecule has 1 saturated carbocycles. The fraction of sp³-hybridized carbons (Fsp3) is 0.647. The third-order valence-electron chi connectivity index (χ3n) is 4.37. The first kappa shape index (κ1) is 15.2. The first-order valence-corrected chi connectivity index (χ1v) is 7.31. The summed E-state index contributed by atoms with van der Waals surface area (Å²) in [5, 5.41) is 0. The minimum atomic E-state index is -0.277. The third kappa shape index (κ3) is 2.93. The molecule has 0 aliphatic heterocycles. The summed E-state index contributed by atoms with van der Waals surface area (Å²) in [5.41, 5.74) is 7.91. The molecule has 1 aliphatic rings. The predicted octanol–water partition coefficient (Wildman–Crippen LogP) is 3.70. The van der Waals surface area contributed by atoms with Crippen LogP contribution in [-0.2, 0) is 5.54 Å². The molecule has 0 heterocycles. The summed E-state index contributed by atoms with van der Waals surface area (Å²) in [4.78, 5) is 0. The van der Waals surface area contributed by atoms with Gasteiger partial charge in [0.25, 0.3) is 0 Å². The molecule has 2 unspecified atom stereocenters. The van der Waals surface area contributed by atoms with Crippen LogP contribution in [0.5, 0.6) is 11.5 Å². The van der Waals surface area contributed by atoms with Crippen LogP contribution < -0.4 is 15.2 Å². The molecule has 0 radical (unpaired) electrons. The van der Waals surface area contributed by atoms with Crippen molar-refractivity contribution in [2.24, 2.45) is 17.1 Å². The van der Waals surface area contributed by atoms with Crippen LogP contribution in [0.15, 0.2) is 18.2 Å². The molecular formula is C17H27NO2. The fourth-order valence-corrected chi connectivity index (χ4v) is 4.00. The summed E-state index contributed by atoms with van der Waals surface area (Å²) in [6.07, 6.45) is 3.25. The molecule has 3 nitrogen and oxygen atoms in total. The van der Waals surface area contributed by atoms with Gasteiger partial charge in [0.05, 0.1) is 14.2 Å². The Hall–Kier alpha value is -1.22. The summed E-state index contributed by atoms with van der Waals surface area (Å²) in [6, 6.07) is 6.07. The molecule has 1 aromatic rings.